The number of aromatic nitrogens is 2. The number of aliphatic hydroxyl groups excluding tert-OH is 1. The van der Waals surface area contributed by atoms with Crippen LogP contribution in [0, 0.1) is 0 Å². The van der Waals surface area contributed by atoms with Gasteiger partial charge in [0, 0.05) is 13.1 Å². The van der Waals surface area contributed by atoms with Gasteiger partial charge in [0.1, 0.15) is 5.82 Å². The van der Waals surface area contributed by atoms with Gasteiger partial charge in [-0.05, 0) is 0 Å². The second kappa shape index (κ2) is 4.05. The summed E-state index contributed by atoms with van der Waals surface area (Å²) in [5.74, 6) is 10.6. The Morgan fingerprint density at radius 2 is 2.50 bits per heavy atom. The fourth-order valence-corrected chi connectivity index (χ4v) is 0.992. The molecular formula is C6H12N6O2. The molecular weight excluding hydrogens is 188 g/mol. The van der Waals surface area contributed by atoms with Crippen molar-refractivity contribution in [3.63, 3.8) is 0 Å². The van der Waals surface area contributed by atoms with E-state index in [1.807, 2.05) is 5.43 Å². The fraction of sp³-hybridized carbons (Fsp3) is 0.333. The topological polar surface area (TPSA) is 122 Å². The Kier molecular flexibility index (Phi) is 3.02. The third-order valence-corrected chi connectivity index (χ3v) is 1.66. The molecule has 1 rings (SSSR count). The van der Waals surface area contributed by atoms with E-state index >= 15 is 0 Å². The van der Waals surface area contributed by atoms with Gasteiger partial charge in [-0.3, -0.25) is 10.1 Å². The summed E-state index contributed by atoms with van der Waals surface area (Å²) < 4.78 is 1.36. The van der Waals surface area contributed by atoms with E-state index in [1.165, 1.54) is 10.7 Å². The number of carbonyl (C=O) groups is 1. The first kappa shape index (κ1) is 10.4. The summed E-state index contributed by atoms with van der Waals surface area (Å²) in [5, 5.41) is 13.5. The number of amides is 2. The van der Waals surface area contributed by atoms with Crippen LogP contribution < -0.4 is 22.1 Å². The van der Waals surface area contributed by atoms with Gasteiger partial charge in [0.05, 0.1) is 12.3 Å². The number of rotatable bonds is 2. The average Bonchev–Trinajstić information content (AvgIpc) is 2.57. The summed E-state index contributed by atoms with van der Waals surface area (Å²) in [6, 6.07) is 0.812. The molecule has 0 saturated carbocycles. The molecule has 78 valence electrons. The van der Waals surface area contributed by atoms with Gasteiger partial charge >= 0.3 is 6.03 Å². The lowest BCUT2D eigenvalue weighted by atomic mass is 10.4. The summed E-state index contributed by atoms with van der Waals surface area (Å²) in [7, 11) is 1.60. The molecule has 0 aromatic carbocycles. The number of urea groups is 1. The highest BCUT2D eigenvalue weighted by Crippen LogP contribution is 2.11. The fourth-order valence-electron chi connectivity index (χ4n) is 0.992. The smallest absolute Gasteiger partial charge is 0.351 e. The van der Waals surface area contributed by atoms with Crippen LogP contribution in [0.2, 0.25) is 0 Å². The van der Waals surface area contributed by atoms with Crippen LogP contribution in [0.25, 0.3) is 0 Å². The normalized spacial score (nSPS) is 10.0. The van der Waals surface area contributed by atoms with Crippen LogP contribution in [0.15, 0.2) is 6.07 Å². The molecule has 0 atom stereocenters. The molecule has 1 aromatic rings. The Morgan fingerprint density at radius 3 is 2.93 bits per heavy atom. The molecule has 1 heterocycles. The molecule has 2 amide bonds. The highest BCUT2D eigenvalue weighted by atomic mass is 16.3. The molecule has 0 aliphatic rings. The molecule has 6 N–H and O–H groups in total. The number of hydrogen-bond acceptors (Lipinski definition) is 5. The number of aryl methyl sites for hydroxylation is 1. The highest BCUT2D eigenvalue weighted by molar-refractivity contribution is 5.89. The predicted octanol–water partition coefficient (Wildman–Crippen LogP) is -1.82. The quantitative estimate of drug-likeness (QED) is 0.254. The maximum absolute atomic E-state index is 11.0. The molecule has 0 aliphatic carbocycles. The number of aliphatic hydroxyl groups is 1. The lowest BCUT2D eigenvalue weighted by molar-refractivity contribution is 0.246. The Labute approximate surface area is 80.0 Å². The van der Waals surface area contributed by atoms with Gasteiger partial charge < -0.3 is 5.11 Å². The van der Waals surface area contributed by atoms with Crippen molar-refractivity contribution in [3.8, 4) is 0 Å². The number of nitrogens with one attached hydrogen (secondary N) is 1. The summed E-state index contributed by atoms with van der Waals surface area (Å²) >= 11 is 0. The molecule has 8 nitrogen and oxygen atoms in total. The van der Waals surface area contributed by atoms with E-state index in [4.69, 9.17) is 16.8 Å². The SMILES string of the molecule is Cn1nc(CO)cc1N(N)C(=O)NN. The maximum Gasteiger partial charge on any atom is 0.351 e. The van der Waals surface area contributed by atoms with E-state index in [0.29, 0.717) is 11.5 Å². The van der Waals surface area contributed by atoms with Crippen LogP contribution in [-0.4, -0.2) is 20.9 Å². The molecule has 0 spiro atoms. The first-order valence-electron chi connectivity index (χ1n) is 3.79. The third-order valence-electron chi connectivity index (χ3n) is 1.66. The number of hydrogen-bond donors (Lipinski definition) is 4. The lowest BCUT2D eigenvalue weighted by Gasteiger charge is -2.14. The molecule has 0 bridgehead atoms. The van der Waals surface area contributed by atoms with E-state index in [1.54, 1.807) is 7.05 Å². The van der Waals surface area contributed by atoms with Crippen molar-refractivity contribution in [3.05, 3.63) is 11.8 Å². The van der Waals surface area contributed by atoms with E-state index < -0.39 is 6.03 Å². The van der Waals surface area contributed by atoms with E-state index in [9.17, 15) is 4.79 Å². The minimum atomic E-state index is -0.669. The lowest BCUT2D eigenvalue weighted by Crippen LogP contribution is -2.48. The minimum Gasteiger partial charge on any atom is -0.390 e. The van der Waals surface area contributed by atoms with Gasteiger partial charge in [-0.2, -0.15) is 5.10 Å². The zero-order chi connectivity index (χ0) is 10.7. The zero-order valence-corrected chi connectivity index (χ0v) is 7.64. The molecule has 8 heteroatoms. The summed E-state index contributed by atoms with van der Waals surface area (Å²) in [6.07, 6.45) is 0. The first-order chi connectivity index (χ1) is 6.60. The predicted molar refractivity (Wildman–Crippen MR) is 48.5 cm³/mol. The van der Waals surface area contributed by atoms with Gasteiger partial charge in [0.15, 0.2) is 0 Å². The summed E-state index contributed by atoms with van der Waals surface area (Å²) in [5.41, 5.74) is 2.30. The van der Waals surface area contributed by atoms with Crippen LogP contribution >= 0.6 is 0 Å². The third kappa shape index (κ3) is 1.82. The van der Waals surface area contributed by atoms with E-state index in [0.717, 1.165) is 5.01 Å². The van der Waals surface area contributed by atoms with E-state index in [-0.39, 0.29) is 6.61 Å². The van der Waals surface area contributed by atoms with Gasteiger partial charge in [0.2, 0.25) is 0 Å². The largest absolute Gasteiger partial charge is 0.390 e. The van der Waals surface area contributed by atoms with Crippen molar-refractivity contribution in [2.24, 2.45) is 18.7 Å². The standard InChI is InChI=1S/C6H12N6O2/c1-11-5(2-4(3-13)10-11)12(8)6(14)9-7/h2,13H,3,7-8H2,1H3,(H,9,14). The Morgan fingerprint density at radius 1 is 1.86 bits per heavy atom. The van der Waals surface area contributed by atoms with Crippen LogP contribution in [0.1, 0.15) is 5.69 Å². The van der Waals surface area contributed by atoms with Crippen LogP contribution in [0.3, 0.4) is 0 Å². The minimum absolute atomic E-state index is 0.216. The molecule has 0 radical (unpaired) electrons. The first-order valence-corrected chi connectivity index (χ1v) is 3.79. The van der Waals surface area contributed by atoms with Gasteiger partial charge in [-0.25, -0.2) is 21.5 Å². The molecule has 0 unspecified atom stereocenters. The molecule has 1 aromatic heterocycles. The van der Waals surface area contributed by atoms with Gasteiger partial charge in [0.25, 0.3) is 0 Å². The Hall–Kier alpha value is -1.64. The Balaban J connectivity index is 2.94. The molecule has 0 saturated heterocycles. The monoisotopic (exact) mass is 200 g/mol. The molecule has 14 heavy (non-hydrogen) atoms. The second-order valence-corrected chi connectivity index (χ2v) is 2.60. The van der Waals surface area contributed by atoms with Crippen LogP contribution in [-0.2, 0) is 13.7 Å². The van der Waals surface area contributed by atoms with Crippen molar-refractivity contribution in [1.82, 2.24) is 15.2 Å². The molecule has 0 fully saturated rings. The summed E-state index contributed by atoms with van der Waals surface area (Å²) in [6.45, 7) is -0.216. The second-order valence-electron chi connectivity index (χ2n) is 2.60. The van der Waals surface area contributed by atoms with Crippen LogP contribution in [0.4, 0.5) is 10.6 Å². The van der Waals surface area contributed by atoms with Crippen molar-refractivity contribution in [1.29, 1.82) is 0 Å². The molecule has 0 aliphatic heterocycles. The number of carbonyl (C=O) groups excluding carboxylic acids is 1. The highest BCUT2D eigenvalue weighted by Gasteiger charge is 2.15. The van der Waals surface area contributed by atoms with Crippen molar-refractivity contribution in [2.75, 3.05) is 5.01 Å². The number of anilines is 1. The van der Waals surface area contributed by atoms with E-state index in [2.05, 4.69) is 5.10 Å². The van der Waals surface area contributed by atoms with Crippen LogP contribution in [0.5, 0.6) is 0 Å². The average molecular weight is 200 g/mol. The van der Waals surface area contributed by atoms with Crippen molar-refractivity contribution < 1.29 is 9.90 Å². The number of hydrazine groups is 2. The number of nitrogens with zero attached hydrogens (tertiary/aromatic N) is 3. The zero-order valence-electron chi connectivity index (χ0n) is 7.64. The van der Waals surface area contributed by atoms with Crippen molar-refractivity contribution in [2.45, 2.75) is 6.61 Å². The summed E-state index contributed by atoms with van der Waals surface area (Å²) in [4.78, 5) is 11.0. The maximum atomic E-state index is 11.0. The van der Waals surface area contributed by atoms with Gasteiger partial charge in [-0.15, -0.1) is 0 Å². The Bertz CT molecular complexity index is 335. The van der Waals surface area contributed by atoms with Gasteiger partial charge in [-0.1, -0.05) is 0 Å². The number of nitrogens with two attached hydrogens (primary N) is 2. The van der Waals surface area contributed by atoms with Crippen molar-refractivity contribution >= 4 is 11.8 Å².